The number of halogens is 2. The van der Waals surface area contributed by atoms with Crippen LogP contribution in [-0.4, -0.2) is 25.1 Å². The number of hydrogen-bond acceptors (Lipinski definition) is 4. The molecule has 1 amide bonds. The Kier molecular flexibility index (Phi) is 6.06. The van der Waals surface area contributed by atoms with Crippen molar-refractivity contribution < 1.29 is 19.1 Å². The van der Waals surface area contributed by atoms with Gasteiger partial charge in [0.15, 0.2) is 6.10 Å². The monoisotopic (exact) mass is 367 g/mol. The molecule has 0 heterocycles. The quantitative estimate of drug-likeness (QED) is 0.804. The fourth-order valence-electron chi connectivity index (χ4n) is 1.87. The number of nitrogens with one attached hydrogen (secondary N) is 1. The molecule has 0 saturated carbocycles. The Labute approximate surface area is 149 Å². The van der Waals surface area contributed by atoms with Crippen LogP contribution in [0.15, 0.2) is 42.5 Å². The molecule has 24 heavy (non-hydrogen) atoms. The number of ether oxygens (including phenoxy) is 2. The van der Waals surface area contributed by atoms with E-state index in [2.05, 4.69) is 10.1 Å². The zero-order valence-electron chi connectivity index (χ0n) is 13.0. The molecule has 1 atom stereocenters. The van der Waals surface area contributed by atoms with Gasteiger partial charge in [-0.1, -0.05) is 23.2 Å². The van der Waals surface area contributed by atoms with E-state index in [1.165, 1.54) is 25.3 Å². The highest BCUT2D eigenvalue weighted by Gasteiger charge is 2.17. The van der Waals surface area contributed by atoms with Crippen molar-refractivity contribution >= 4 is 40.8 Å². The van der Waals surface area contributed by atoms with Crippen LogP contribution < -0.4 is 10.1 Å². The Morgan fingerprint density at radius 3 is 2.38 bits per heavy atom. The number of carbonyl (C=O) groups excluding carboxylic acids is 2. The van der Waals surface area contributed by atoms with E-state index in [0.29, 0.717) is 21.5 Å². The lowest BCUT2D eigenvalue weighted by atomic mass is 10.2. The van der Waals surface area contributed by atoms with Crippen LogP contribution in [-0.2, 0) is 9.53 Å². The maximum Gasteiger partial charge on any atom is 0.337 e. The number of methoxy groups -OCH3 is 1. The van der Waals surface area contributed by atoms with Gasteiger partial charge >= 0.3 is 5.97 Å². The number of anilines is 1. The van der Waals surface area contributed by atoms with Gasteiger partial charge in [-0.15, -0.1) is 0 Å². The van der Waals surface area contributed by atoms with Crippen LogP contribution in [0.1, 0.15) is 17.3 Å². The largest absolute Gasteiger partial charge is 0.481 e. The maximum atomic E-state index is 12.2. The molecule has 0 unspecified atom stereocenters. The molecule has 0 bridgehead atoms. The summed E-state index contributed by atoms with van der Waals surface area (Å²) in [6.07, 6.45) is -0.774. The van der Waals surface area contributed by atoms with Gasteiger partial charge in [-0.05, 0) is 49.4 Å². The molecular formula is C17H15Cl2NO4. The van der Waals surface area contributed by atoms with Gasteiger partial charge in [-0.3, -0.25) is 4.79 Å². The third-order valence-corrected chi connectivity index (χ3v) is 3.72. The molecule has 2 aromatic rings. The van der Waals surface area contributed by atoms with E-state index in [-0.39, 0.29) is 5.56 Å². The number of benzene rings is 2. The SMILES string of the molecule is COC(=O)c1ccc(Cl)c(NC(=O)[C@@H](C)Oc2ccc(Cl)cc2)c1. The minimum Gasteiger partial charge on any atom is -0.481 e. The van der Waals surface area contributed by atoms with Gasteiger partial charge in [-0.25, -0.2) is 4.79 Å². The van der Waals surface area contributed by atoms with Crippen LogP contribution in [0.25, 0.3) is 0 Å². The van der Waals surface area contributed by atoms with E-state index in [1.54, 1.807) is 31.2 Å². The van der Waals surface area contributed by atoms with Gasteiger partial charge in [0.25, 0.3) is 5.91 Å². The number of esters is 1. The minimum absolute atomic E-state index is 0.281. The average Bonchev–Trinajstić information content (AvgIpc) is 2.58. The number of hydrogen-bond donors (Lipinski definition) is 1. The van der Waals surface area contributed by atoms with Gasteiger partial charge in [0, 0.05) is 5.02 Å². The summed E-state index contributed by atoms with van der Waals surface area (Å²) in [7, 11) is 1.28. The normalized spacial score (nSPS) is 11.5. The van der Waals surface area contributed by atoms with Crippen LogP contribution >= 0.6 is 23.2 Å². The third kappa shape index (κ3) is 4.63. The minimum atomic E-state index is -0.774. The zero-order valence-corrected chi connectivity index (χ0v) is 14.5. The first-order valence-electron chi connectivity index (χ1n) is 7.01. The summed E-state index contributed by atoms with van der Waals surface area (Å²) < 4.78 is 10.2. The second-order valence-electron chi connectivity index (χ2n) is 4.89. The molecule has 5 nitrogen and oxygen atoms in total. The topological polar surface area (TPSA) is 64.6 Å². The fraction of sp³-hybridized carbons (Fsp3) is 0.176. The maximum absolute atomic E-state index is 12.2. The summed E-state index contributed by atoms with van der Waals surface area (Å²) in [4.78, 5) is 23.8. The first-order valence-corrected chi connectivity index (χ1v) is 7.77. The first-order chi connectivity index (χ1) is 11.4. The molecule has 0 fully saturated rings. The Balaban J connectivity index is 2.08. The molecule has 0 radical (unpaired) electrons. The van der Waals surface area contributed by atoms with Gasteiger partial charge in [0.05, 0.1) is 23.4 Å². The molecule has 126 valence electrons. The molecular weight excluding hydrogens is 353 g/mol. The van der Waals surface area contributed by atoms with Gasteiger partial charge in [-0.2, -0.15) is 0 Å². The van der Waals surface area contributed by atoms with Crippen molar-refractivity contribution in [1.29, 1.82) is 0 Å². The van der Waals surface area contributed by atoms with Gasteiger partial charge < -0.3 is 14.8 Å². The second kappa shape index (κ2) is 8.04. The predicted molar refractivity (Wildman–Crippen MR) is 93.0 cm³/mol. The first kappa shape index (κ1) is 18.1. The van der Waals surface area contributed by atoms with Crippen molar-refractivity contribution in [3.05, 3.63) is 58.1 Å². The highest BCUT2D eigenvalue weighted by molar-refractivity contribution is 6.34. The molecule has 2 rings (SSSR count). The van der Waals surface area contributed by atoms with Crippen LogP contribution in [0, 0.1) is 0 Å². The van der Waals surface area contributed by atoms with Crippen molar-refractivity contribution in [2.24, 2.45) is 0 Å². The van der Waals surface area contributed by atoms with Crippen molar-refractivity contribution in [2.45, 2.75) is 13.0 Å². The van der Waals surface area contributed by atoms with E-state index in [0.717, 1.165) is 0 Å². The lowest BCUT2D eigenvalue weighted by Gasteiger charge is -2.15. The summed E-state index contributed by atoms with van der Waals surface area (Å²) in [6, 6.07) is 11.1. The standard InChI is InChI=1S/C17H15Cl2NO4/c1-10(24-13-6-4-12(18)5-7-13)16(21)20-15-9-11(17(22)23-2)3-8-14(15)19/h3-10H,1-2H3,(H,20,21)/t10-/m1/s1. The Hall–Kier alpha value is -2.24. The van der Waals surface area contributed by atoms with Crippen LogP contribution in [0.2, 0.25) is 10.0 Å². The van der Waals surface area contributed by atoms with Gasteiger partial charge in [0.2, 0.25) is 0 Å². The lowest BCUT2D eigenvalue weighted by molar-refractivity contribution is -0.122. The smallest absolute Gasteiger partial charge is 0.337 e. The predicted octanol–water partition coefficient (Wildman–Crippen LogP) is 4.19. The summed E-state index contributed by atoms with van der Waals surface area (Å²) in [5, 5.41) is 3.51. The summed E-state index contributed by atoms with van der Waals surface area (Å²) in [5.74, 6) is -0.419. The van der Waals surface area contributed by atoms with Crippen molar-refractivity contribution in [3.8, 4) is 5.75 Å². The van der Waals surface area contributed by atoms with E-state index in [9.17, 15) is 9.59 Å². The molecule has 2 aromatic carbocycles. The highest BCUT2D eigenvalue weighted by Crippen LogP contribution is 2.24. The number of rotatable bonds is 5. The van der Waals surface area contributed by atoms with Crippen LogP contribution in [0.4, 0.5) is 5.69 Å². The van der Waals surface area contributed by atoms with Crippen LogP contribution in [0.3, 0.4) is 0 Å². The van der Waals surface area contributed by atoms with Gasteiger partial charge in [0.1, 0.15) is 5.75 Å². The summed E-state index contributed by atoms with van der Waals surface area (Å²) in [5.41, 5.74) is 0.583. The molecule has 1 N–H and O–H groups in total. The third-order valence-electron chi connectivity index (χ3n) is 3.14. The highest BCUT2D eigenvalue weighted by atomic mass is 35.5. The number of amides is 1. The molecule has 0 aliphatic heterocycles. The summed E-state index contributed by atoms with van der Waals surface area (Å²) in [6.45, 7) is 1.60. The molecule has 0 aliphatic carbocycles. The fourth-order valence-corrected chi connectivity index (χ4v) is 2.16. The van der Waals surface area contributed by atoms with Crippen molar-refractivity contribution in [2.75, 3.05) is 12.4 Å². The second-order valence-corrected chi connectivity index (χ2v) is 5.73. The molecule has 0 aliphatic rings. The van der Waals surface area contributed by atoms with Crippen molar-refractivity contribution in [3.63, 3.8) is 0 Å². The molecule has 0 saturated heterocycles. The molecule has 7 heteroatoms. The molecule has 0 aromatic heterocycles. The molecule has 0 spiro atoms. The summed E-state index contributed by atoms with van der Waals surface area (Å²) >= 11 is 11.8. The zero-order chi connectivity index (χ0) is 17.7. The number of carbonyl (C=O) groups is 2. The van der Waals surface area contributed by atoms with E-state index < -0.39 is 18.0 Å². The Bertz CT molecular complexity index is 747. The van der Waals surface area contributed by atoms with E-state index in [4.69, 9.17) is 27.9 Å². The van der Waals surface area contributed by atoms with Crippen LogP contribution in [0.5, 0.6) is 5.75 Å². The Morgan fingerprint density at radius 2 is 1.75 bits per heavy atom. The van der Waals surface area contributed by atoms with Crippen molar-refractivity contribution in [1.82, 2.24) is 0 Å². The van der Waals surface area contributed by atoms with E-state index >= 15 is 0 Å². The average molecular weight is 368 g/mol. The Morgan fingerprint density at radius 1 is 1.08 bits per heavy atom. The lowest BCUT2D eigenvalue weighted by Crippen LogP contribution is -2.30. The van der Waals surface area contributed by atoms with E-state index in [1.807, 2.05) is 0 Å².